The number of rotatable bonds is 3. The molecule has 2 rings (SSSR count). The highest BCUT2D eigenvalue weighted by Crippen LogP contribution is 2.32. The Bertz CT molecular complexity index is 355. The van der Waals surface area contributed by atoms with Gasteiger partial charge in [-0.15, -0.1) is 0 Å². The first-order valence-corrected chi connectivity index (χ1v) is 6.09. The van der Waals surface area contributed by atoms with Crippen molar-refractivity contribution in [2.24, 2.45) is 5.41 Å². The SMILES string of the molecule is CCC1(Cc2ccc(F)c(Br)c2)CNC1. The molecule has 15 heavy (non-hydrogen) atoms. The summed E-state index contributed by atoms with van der Waals surface area (Å²) in [4.78, 5) is 0. The van der Waals surface area contributed by atoms with Gasteiger partial charge in [-0.2, -0.15) is 0 Å². The van der Waals surface area contributed by atoms with Crippen molar-refractivity contribution in [1.82, 2.24) is 5.32 Å². The van der Waals surface area contributed by atoms with Gasteiger partial charge in [-0.05, 0) is 51.9 Å². The van der Waals surface area contributed by atoms with Crippen molar-refractivity contribution >= 4 is 15.9 Å². The van der Waals surface area contributed by atoms with Crippen LogP contribution in [-0.4, -0.2) is 13.1 Å². The predicted molar refractivity (Wildman–Crippen MR) is 63.4 cm³/mol. The third-order valence-corrected chi connectivity index (χ3v) is 3.92. The second kappa shape index (κ2) is 4.22. The van der Waals surface area contributed by atoms with Gasteiger partial charge in [0.1, 0.15) is 5.82 Å². The Morgan fingerprint density at radius 2 is 2.20 bits per heavy atom. The Kier molecular flexibility index (Phi) is 3.12. The molecule has 0 spiro atoms. The van der Waals surface area contributed by atoms with Gasteiger partial charge in [-0.3, -0.25) is 0 Å². The van der Waals surface area contributed by atoms with Crippen molar-refractivity contribution in [3.8, 4) is 0 Å². The fraction of sp³-hybridized carbons (Fsp3) is 0.500. The maximum absolute atomic E-state index is 13.1. The molecule has 0 radical (unpaired) electrons. The average Bonchev–Trinajstić information content (AvgIpc) is 2.17. The Morgan fingerprint density at radius 3 is 2.67 bits per heavy atom. The first-order chi connectivity index (χ1) is 7.15. The van der Waals surface area contributed by atoms with E-state index in [1.165, 1.54) is 18.1 Å². The highest BCUT2D eigenvalue weighted by molar-refractivity contribution is 9.10. The molecular formula is C12H15BrFN. The molecule has 1 nitrogen and oxygen atoms in total. The summed E-state index contributed by atoms with van der Waals surface area (Å²) < 4.78 is 13.6. The minimum Gasteiger partial charge on any atom is -0.316 e. The van der Waals surface area contributed by atoms with Gasteiger partial charge >= 0.3 is 0 Å². The third-order valence-electron chi connectivity index (χ3n) is 3.31. The lowest BCUT2D eigenvalue weighted by Crippen LogP contribution is -2.54. The topological polar surface area (TPSA) is 12.0 Å². The second-order valence-corrected chi connectivity index (χ2v) is 5.24. The van der Waals surface area contributed by atoms with Crippen LogP contribution in [0.1, 0.15) is 18.9 Å². The van der Waals surface area contributed by atoms with Crippen molar-refractivity contribution in [2.45, 2.75) is 19.8 Å². The molecule has 1 aliphatic heterocycles. The fourth-order valence-electron chi connectivity index (χ4n) is 2.06. The molecule has 82 valence electrons. The van der Waals surface area contributed by atoms with E-state index in [4.69, 9.17) is 0 Å². The van der Waals surface area contributed by atoms with Gasteiger partial charge in [-0.25, -0.2) is 4.39 Å². The molecule has 0 amide bonds. The highest BCUT2D eigenvalue weighted by atomic mass is 79.9. The Morgan fingerprint density at radius 1 is 1.47 bits per heavy atom. The van der Waals surface area contributed by atoms with Crippen LogP contribution in [0.5, 0.6) is 0 Å². The summed E-state index contributed by atoms with van der Waals surface area (Å²) in [6.45, 7) is 4.39. The van der Waals surface area contributed by atoms with E-state index >= 15 is 0 Å². The van der Waals surface area contributed by atoms with Crippen LogP contribution < -0.4 is 5.32 Å². The lowest BCUT2D eigenvalue weighted by Gasteiger charge is -2.42. The number of benzene rings is 1. The van der Waals surface area contributed by atoms with Gasteiger partial charge in [0.05, 0.1) is 4.47 Å². The molecule has 1 aromatic rings. The molecule has 0 bridgehead atoms. The first-order valence-electron chi connectivity index (χ1n) is 5.30. The summed E-state index contributed by atoms with van der Waals surface area (Å²) in [5, 5.41) is 3.31. The van der Waals surface area contributed by atoms with E-state index in [1.54, 1.807) is 0 Å². The number of halogens is 2. The minimum absolute atomic E-state index is 0.184. The maximum atomic E-state index is 13.1. The lowest BCUT2D eigenvalue weighted by atomic mass is 9.74. The molecule has 1 aliphatic rings. The van der Waals surface area contributed by atoms with E-state index < -0.39 is 0 Å². The molecule has 1 heterocycles. The van der Waals surface area contributed by atoms with Crippen LogP contribution in [0.2, 0.25) is 0 Å². The zero-order chi connectivity index (χ0) is 10.9. The summed E-state index contributed by atoms with van der Waals surface area (Å²) in [5.74, 6) is -0.184. The van der Waals surface area contributed by atoms with Crippen LogP contribution in [0.4, 0.5) is 4.39 Å². The monoisotopic (exact) mass is 271 g/mol. The molecule has 0 unspecified atom stereocenters. The summed E-state index contributed by atoms with van der Waals surface area (Å²) in [7, 11) is 0. The average molecular weight is 272 g/mol. The molecule has 3 heteroatoms. The van der Waals surface area contributed by atoms with Gasteiger partial charge in [0.2, 0.25) is 0 Å². The van der Waals surface area contributed by atoms with Crippen molar-refractivity contribution in [3.05, 3.63) is 34.1 Å². The van der Waals surface area contributed by atoms with Gasteiger partial charge in [0.15, 0.2) is 0 Å². The third kappa shape index (κ3) is 2.23. The molecule has 1 aromatic carbocycles. The summed E-state index contributed by atoms with van der Waals surface area (Å²) in [5.41, 5.74) is 1.61. The van der Waals surface area contributed by atoms with Gasteiger partial charge < -0.3 is 5.32 Å². The summed E-state index contributed by atoms with van der Waals surface area (Å²) >= 11 is 3.22. The largest absolute Gasteiger partial charge is 0.316 e. The van der Waals surface area contributed by atoms with Crippen LogP contribution in [0.3, 0.4) is 0 Å². The zero-order valence-electron chi connectivity index (χ0n) is 8.82. The fourth-order valence-corrected chi connectivity index (χ4v) is 2.49. The molecule has 1 fully saturated rings. The zero-order valence-corrected chi connectivity index (χ0v) is 10.4. The van der Waals surface area contributed by atoms with E-state index in [-0.39, 0.29) is 5.82 Å². The van der Waals surface area contributed by atoms with Crippen LogP contribution in [0.15, 0.2) is 22.7 Å². The molecule has 0 aliphatic carbocycles. The van der Waals surface area contributed by atoms with Gasteiger partial charge in [-0.1, -0.05) is 13.0 Å². The van der Waals surface area contributed by atoms with Crippen LogP contribution in [-0.2, 0) is 6.42 Å². The van der Waals surface area contributed by atoms with E-state index in [2.05, 4.69) is 28.2 Å². The minimum atomic E-state index is -0.184. The van der Waals surface area contributed by atoms with E-state index in [0.29, 0.717) is 9.89 Å². The standard InChI is InChI=1S/C12H15BrFN/c1-2-12(7-15-8-12)6-9-3-4-11(14)10(13)5-9/h3-5,15H,2,6-8H2,1H3. The second-order valence-electron chi connectivity index (χ2n) is 4.38. The van der Waals surface area contributed by atoms with Crippen molar-refractivity contribution in [1.29, 1.82) is 0 Å². The maximum Gasteiger partial charge on any atom is 0.137 e. The molecule has 1 saturated heterocycles. The molecule has 0 atom stereocenters. The Hall–Kier alpha value is -0.410. The Labute approximate surface area is 98.2 Å². The number of hydrogen-bond acceptors (Lipinski definition) is 1. The van der Waals surface area contributed by atoms with E-state index in [9.17, 15) is 4.39 Å². The van der Waals surface area contributed by atoms with Gasteiger partial charge in [0, 0.05) is 13.1 Å². The van der Waals surface area contributed by atoms with Crippen LogP contribution in [0, 0.1) is 11.2 Å². The highest BCUT2D eigenvalue weighted by Gasteiger charge is 2.34. The molecule has 1 N–H and O–H groups in total. The Balaban J connectivity index is 2.13. The van der Waals surface area contributed by atoms with Crippen LogP contribution in [0.25, 0.3) is 0 Å². The van der Waals surface area contributed by atoms with Crippen LogP contribution >= 0.6 is 15.9 Å². The van der Waals surface area contributed by atoms with Crippen molar-refractivity contribution < 1.29 is 4.39 Å². The predicted octanol–water partition coefficient (Wildman–Crippen LogP) is 3.13. The normalized spacial score (nSPS) is 18.6. The number of nitrogens with one attached hydrogen (secondary N) is 1. The van der Waals surface area contributed by atoms with E-state index in [1.807, 2.05) is 12.1 Å². The summed E-state index contributed by atoms with van der Waals surface area (Å²) in [6.07, 6.45) is 2.21. The molecular weight excluding hydrogens is 257 g/mol. The van der Waals surface area contributed by atoms with Gasteiger partial charge in [0.25, 0.3) is 0 Å². The summed E-state index contributed by atoms with van der Waals surface area (Å²) in [6, 6.07) is 5.32. The lowest BCUT2D eigenvalue weighted by molar-refractivity contribution is 0.160. The van der Waals surface area contributed by atoms with Crippen molar-refractivity contribution in [2.75, 3.05) is 13.1 Å². The van der Waals surface area contributed by atoms with Crippen molar-refractivity contribution in [3.63, 3.8) is 0 Å². The molecule has 0 saturated carbocycles. The first kappa shape index (κ1) is 11.1. The smallest absolute Gasteiger partial charge is 0.137 e. The van der Waals surface area contributed by atoms with E-state index in [0.717, 1.165) is 19.5 Å². The quantitative estimate of drug-likeness (QED) is 0.891. The molecule has 0 aromatic heterocycles. The number of hydrogen-bond donors (Lipinski definition) is 1.